The molecule has 1 heterocycles. The van der Waals surface area contributed by atoms with Crippen molar-refractivity contribution in [1.29, 1.82) is 0 Å². The van der Waals surface area contributed by atoms with Gasteiger partial charge in [-0.05, 0) is 30.7 Å². The van der Waals surface area contributed by atoms with E-state index in [0.717, 1.165) is 48.7 Å². The van der Waals surface area contributed by atoms with Gasteiger partial charge in [0.1, 0.15) is 5.75 Å². The maximum Gasteiger partial charge on any atom is 0.282 e. The molecule has 0 unspecified atom stereocenters. The van der Waals surface area contributed by atoms with Gasteiger partial charge in [-0.3, -0.25) is 4.79 Å². The van der Waals surface area contributed by atoms with Crippen LogP contribution in [0.15, 0.2) is 78.9 Å². The molecule has 1 aliphatic rings. The summed E-state index contributed by atoms with van der Waals surface area (Å²) in [6, 6.07) is 25.3. The molecule has 3 aromatic carbocycles. The predicted octanol–water partition coefficient (Wildman–Crippen LogP) is 2.79. The Hall–Kier alpha value is -3.31. The highest BCUT2D eigenvalue weighted by atomic mass is 16.3. The molecule has 1 aliphatic heterocycles. The number of hydrogen-bond donors (Lipinski definition) is 3. The number of para-hydroxylation sites is 3. The highest BCUT2D eigenvalue weighted by molar-refractivity contribution is 5.97. The van der Waals surface area contributed by atoms with Gasteiger partial charge in [0.15, 0.2) is 6.04 Å². The smallest absolute Gasteiger partial charge is 0.282 e. The Morgan fingerprint density at radius 2 is 1.57 bits per heavy atom. The first-order valence-electron chi connectivity index (χ1n) is 10.5. The van der Waals surface area contributed by atoms with Crippen LogP contribution in [0.5, 0.6) is 5.75 Å². The molecular formula is C25H28N3O2+. The molecule has 154 valence electrons. The van der Waals surface area contributed by atoms with Crippen molar-refractivity contribution >= 4 is 17.3 Å². The normalized spacial score (nSPS) is 15.6. The lowest BCUT2D eigenvalue weighted by Crippen LogP contribution is -3.19. The van der Waals surface area contributed by atoms with Gasteiger partial charge in [0, 0.05) is 11.3 Å². The summed E-state index contributed by atoms with van der Waals surface area (Å²) in [4.78, 5) is 16.5. The number of piperazine rings is 1. The fourth-order valence-electron chi connectivity index (χ4n) is 4.09. The lowest BCUT2D eigenvalue weighted by Gasteiger charge is -2.36. The molecular weight excluding hydrogens is 374 g/mol. The third-order valence-corrected chi connectivity index (χ3v) is 5.90. The molecule has 4 rings (SSSR count). The predicted molar refractivity (Wildman–Crippen MR) is 121 cm³/mol. The summed E-state index contributed by atoms with van der Waals surface area (Å²) in [7, 11) is 0. The van der Waals surface area contributed by atoms with Crippen LogP contribution in [-0.4, -0.2) is 43.2 Å². The molecule has 3 N–H and O–H groups in total. The minimum absolute atomic E-state index is 0.0318. The van der Waals surface area contributed by atoms with Gasteiger partial charge in [-0.25, -0.2) is 0 Å². The number of phenols is 1. The van der Waals surface area contributed by atoms with Gasteiger partial charge in [-0.2, -0.15) is 0 Å². The van der Waals surface area contributed by atoms with Crippen LogP contribution >= 0.6 is 0 Å². The Morgan fingerprint density at radius 3 is 2.30 bits per heavy atom. The van der Waals surface area contributed by atoms with Crippen LogP contribution < -0.4 is 15.1 Å². The van der Waals surface area contributed by atoms with Crippen LogP contribution in [0.1, 0.15) is 6.92 Å². The monoisotopic (exact) mass is 402 g/mol. The first kappa shape index (κ1) is 20.0. The van der Waals surface area contributed by atoms with Crippen molar-refractivity contribution in [1.82, 2.24) is 0 Å². The maximum absolute atomic E-state index is 13.0. The molecule has 0 radical (unpaired) electrons. The maximum atomic E-state index is 13.0. The molecule has 5 heteroatoms. The lowest BCUT2D eigenvalue weighted by molar-refractivity contribution is -0.914. The van der Waals surface area contributed by atoms with Crippen LogP contribution in [0.2, 0.25) is 0 Å². The number of phenolic OH excluding ortho intramolecular Hbond substituents is 1. The third kappa shape index (κ3) is 4.31. The Labute approximate surface area is 177 Å². The molecule has 0 aromatic heterocycles. The van der Waals surface area contributed by atoms with Gasteiger partial charge in [0.2, 0.25) is 0 Å². The van der Waals surface area contributed by atoms with E-state index in [1.165, 1.54) is 4.90 Å². The molecule has 3 aromatic rings. The zero-order valence-electron chi connectivity index (χ0n) is 17.2. The number of rotatable bonds is 5. The van der Waals surface area contributed by atoms with Crippen molar-refractivity contribution in [3.8, 4) is 16.9 Å². The molecule has 1 saturated heterocycles. The van der Waals surface area contributed by atoms with Crippen molar-refractivity contribution in [2.24, 2.45) is 0 Å². The molecule has 0 saturated carbocycles. The number of benzene rings is 3. The highest BCUT2D eigenvalue weighted by Gasteiger charge is 2.30. The Bertz CT molecular complexity index is 998. The highest BCUT2D eigenvalue weighted by Crippen LogP contribution is 2.28. The standard InChI is InChI=1S/C25H27N3O2/c1-19(27-15-17-28(18-16-27)23-13-7-8-14-24(23)29)25(30)26-22-12-6-5-11-21(22)20-9-3-2-4-10-20/h2-14,19,29H,15-18H2,1H3,(H,26,30)/p+1/t19-/m1/s1. The Balaban J connectivity index is 1.40. The van der Waals surface area contributed by atoms with Crippen LogP contribution in [0, 0.1) is 0 Å². The summed E-state index contributed by atoms with van der Waals surface area (Å²) in [5.41, 5.74) is 3.82. The number of carbonyl (C=O) groups is 1. The average molecular weight is 403 g/mol. The third-order valence-electron chi connectivity index (χ3n) is 5.90. The summed E-state index contributed by atoms with van der Waals surface area (Å²) in [5, 5.41) is 13.2. The van der Waals surface area contributed by atoms with E-state index in [0.29, 0.717) is 5.75 Å². The largest absolute Gasteiger partial charge is 0.506 e. The molecule has 1 fully saturated rings. The van der Waals surface area contributed by atoms with Crippen LogP contribution in [0.4, 0.5) is 11.4 Å². The Kier molecular flexibility index (Phi) is 6.00. The van der Waals surface area contributed by atoms with Gasteiger partial charge >= 0.3 is 0 Å². The summed E-state index contributed by atoms with van der Waals surface area (Å²) in [6.45, 7) is 5.31. The molecule has 0 spiro atoms. The van der Waals surface area contributed by atoms with Gasteiger partial charge in [-0.15, -0.1) is 0 Å². The molecule has 30 heavy (non-hydrogen) atoms. The zero-order valence-corrected chi connectivity index (χ0v) is 17.2. The zero-order chi connectivity index (χ0) is 20.9. The minimum atomic E-state index is -0.152. The van der Waals surface area contributed by atoms with Crippen LogP contribution in [0.25, 0.3) is 11.1 Å². The second-order valence-electron chi connectivity index (χ2n) is 7.76. The summed E-state index contributed by atoms with van der Waals surface area (Å²) in [6.07, 6.45) is 0. The number of nitrogens with one attached hydrogen (secondary N) is 2. The van der Waals surface area contributed by atoms with E-state index in [9.17, 15) is 9.90 Å². The topological polar surface area (TPSA) is 57.0 Å². The van der Waals surface area contributed by atoms with Crippen molar-refractivity contribution in [3.63, 3.8) is 0 Å². The summed E-state index contributed by atoms with van der Waals surface area (Å²) < 4.78 is 0. The number of anilines is 2. The fourth-order valence-corrected chi connectivity index (χ4v) is 4.09. The van der Waals surface area contributed by atoms with Gasteiger partial charge in [-0.1, -0.05) is 60.7 Å². The van der Waals surface area contributed by atoms with E-state index >= 15 is 0 Å². The average Bonchev–Trinajstić information content (AvgIpc) is 2.80. The van der Waals surface area contributed by atoms with Gasteiger partial charge < -0.3 is 20.2 Å². The van der Waals surface area contributed by atoms with E-state index < -0.39 is 0 Å². The Morgan fingerprint density at radius 1 is 0.933 bits per heavy atom. The first-order chi connectivity index (χ1) is 14.6. The molecule has 5 nitrogen and oxygen atoms in total. The van der Waals surface area contributed by atoms with E-state index in [2.05, 4.69) is 22.3 Å². The summed E-state index contributed by atoms with van der Waals surface area (Å²) in [5.74, 6) is 0.341. The molecule has 1 amide bonds. The number of carbonyl (C=O) groups excluding carboxylic acids is 1. The van der Waals surface area contributed by atoms with E-state index in [1.807, 2.05) is 67.6 Å². The molecule has 1 atom stereocenters. The van der Waals surface area contributed by atoms with E-state index in [4.69, 9.17) is 0 Å². The molecule has 0 bridgehead atoms. The van der Waals surface area contributed by atoms with Crippen LogP contribution in [0.3, 0.4) is 0 Å². The van der Waals surface area contributed by atoms with Crippen LogP contribution in [-0.2, 0) is 4.79 Å². The SMILES string of the molecule is C[C@H](C(=O)Nc1ccccc1-c1ccccc1)[NH+]1CCN(c2ccccc2O)CC1. The second kappa shape index (κ2) is 9.01. The summed E-state index contributed by atoms with van der Waals surface area (Å²) >= 11 is 0. The van der Waals surface area contributed by atoms with Crippen molar-refractivity contribution in [3.05, 3.63) is 78.9 Å². The van der Waals surface area contributed by atoms with Crippen molar-refractivity contribution in [2.45, 2.75) is 13.0 Å². The number of quaternary nitrogens is 1. The van der Waals surface area contributed by atoms with E-state index in [-0.39, 0.29) is 11.9 Å². The molecule has 0 aliphatic carbocycles. The number of aromatic hydroxyl groups is 1. The lowest BCUT2D eigenvalue weighted by atomic mass is 10.0. The van der Waals surface area contributed by atoms with Gasteiger partial charge in [0.25, 0.3) is 5.91 Å². The minimum Gasteiger partial charge on any atom is -0.506 e. The van der Waals surface area contributed by atoms with Gasteiger partial charge in [0.05, 0.1) is 31.9 Å². The number of amides is 1. The number of hydrogen-bond acceptors (Lipinski definition) is 3. The quantitative estimate of drug-likeness (QED) is 0.615. The second-order valence-corrected chi connectivity index (χ2v) is 7.76. The fraction of sp³-hybridized carbons (Fsp3) is 0.240. The van der Waals surface area contributed by atoms with Crippen molar-refractivity contribution < 1.29 is 14.8 Å². The van der Waals surface area contributed by atoms with Crippen molar-refractivity contribution in [2.75, 3.05) is 36.4 Å². The number of nitrogens with zero attached hydrogens (tertiary/aromatic N) is 1. The first-order valence-corrected chi connectivity index (χ1v) is 10.5. The van der Waals surface area contributed by atoms with E-state index in [1.54, 1.807) is 6.07 Å².